The lowest BCUT2D eigenvalue weighted by atomic mass is 10.0. The Kier molecular flexibility index (Phi) is 6.68. The highest BCUT2D eigenvalue weighted by atomic mass is 16.5. The van der Waals surface area contributed by atoms with Crippen LogP contribution in [-0.2, 0) is 9.53 Å². The number of ether oxygens (including phenoxy) is 1. The largest absolute Gasteiger partial charge is 0.465 e. The van der Waals surface area contributed by atoms with Gasteiger partial charge in [0.1, 0.15) is 6.04 Å². The first-order valence-corrected chi connectivity index (χ1v) is 7.04. The second-order valence-corrected chi connectivity index (χ2v) is 4.71. The second-order valence-electron chi connectivity index (χ2n) is 4.71. The summed E-state index contributed by atoms with van der Waals surface area (Å²) in [5, 5.41) is 14.8. The van der Waals surface area contributed by atoms with Crippen LogP contribution in [0.3, 0.4) is 0 Å². The summed E-state index contributed by atoms with van der Waals surface area (Å²) in [6.07, 6.45) is 0.658. The van der Waals surface area contributed by atoms with E-state index in [4.69, 9.17) is 15.7 Å². The SMILES string of the molecule is CCOC(=O)[C@@H](CC)N[C@H](C)c1ccc(C(N)=NO)cc1. The van der Waals surface area contributed by atoms with Gasteiger partial charge in [0.15, 0.2) is 5.84 Å². The van der Waals surface area contributed by atoms with Crippen LogP contribution in [0, 0.1) is 0 Å². The smallest absolute Gasteiger partial charge is 0.323 e. The van der Waals surface area contributed by atoms with Crippen molar-refractivity contribution in [3.05, 3.63) is 35.4 Å². The van der Waals surface area contributed by atoms with E-state index in [9.17, 15) is 4.79 Å². The van der Waals surface area contributed by atoms with E-state index in [1.165, 1.54) is 0 Å². The van der Waals surface area contributed by atoms with E-state index >= 15 is 0 Å². The fraction of sp³-hybridized carbons (Fsp3) is 0.467. The van der Waals surface area contributed by atoms with Crippen molar-refractivity contribution < 1.29 is 14.7 Å². The molecule has 1 aromatic carbocycles. The van der Waals surface area contributed by atoms with Crippen LogP contribution in [0.1, 0.15) is 44.4 Å². The summed E-state index contributed by atoms with van der Waals surface area (Å²) in [5.41, 5.74) is 7.17. The van der Waals surface area contributed by atoms with Crippen LogP contribution in [0.2, 0.25) is 0 Å². The minimum atomic E-state index is -0.330. The first-order chi connectivity index (χ1) is 10.0. The summed E-state index contributed by atoms with van der Waals surface area (Å²) in [6.45, 7) is 6.07. The fourth-order valence-corrected chi connectivity index (χ4v) is 1.99. The third-order valence-corrected chi connectivity index (χ3v) is 3.24. The molecule has 116 valence electrons. The molecule has 0 saturated carbocycles. The average molecular weight is 293 g/mol. The lowest BCUT2D eigenvalue weighted by Gasteiger charge is -2.21. The van der Waals surface area contributed by atoms with E-state index in [-0.39, 0.29) is 23.9 Å². The fourth-order valence-electron chi connectivity index (χ4n) is 1.99. The zero-order valence-corrected chi connectivity index (χ0v) is 12.7. The summed E-state index contributed by atoms with van der Waals surface area (Å²) in [6, 6.07) is 6.96. The molecule has 6 nitrogen and oxygen atoms in total. The summed E-state index contributed by atoms with van der Waals surface area (Å²) < 4.78 is 5.04. The molecule has 6 heteroatoms. The highest BCUT2D eigenvalue weighted by Crippen LogP contribution is 2.15. The molecule has 1 aromatic rings. The van der Waals surface area contributed by atoms with E-state index in [0.29, 0.717) is 18.6 Å². The van der Waals surface area contributed by atoms with Gasteiger partial charge < -0.3 is 15.7 Å². The molecular weight excluding hydrogens is 270 g/mol. The number of esters is 1. The van der Waals surface area contributed by atoms with Crippen molar-refractivity contribution in [1.29, 1.82) is 0 Å². The minimum absolute atomic E-state index is 0.0132. The predicted octanol–water partition coefficient (Wildman–Crippen LogP) is 1.77. The van der Waals surface area contributed by atoms with Crippen LogP contribution in [0.15, 0.2) is 29.4 Å². The second kappa shape index (κ2) is 8.26. The Labute approximate surface area is 125 Å². The van der Waals surface area contributed by atoms with Crippen molar-refractivity contribution in [2.75, 3.05) is 6.61 Å². The molecule has 2 atom stereocenters. The highest BCUT2D eigenvalue weighted by Gasteiger charge is 2.20. The number of nitrogens with one attached hydrogen (secondary N) is 1. The van der Waals surface area contributed by atoms with Gasteiger partial charge in [0, 0.05) is 11.6 Å². The van der Waals surface area contributed by atoms with Crippen LogP contribution in [0.4, 0.5) is 0 Å². The monoisotopic (exact) mass is 293 g/mol. The molecule has 0 spiro atoms. The molecule has 0 aromatic heterocycles. The molecule has 0 bridgehead atoms. The van der Waals surface area contributed by atoms with Crippen molar-refractivity contribution in [2.24, 2.45) is 10.9 Å². The first kappa shape index (κ1) is 17.0. The van der Waals surface area contributed by atoms with Gasteiger partial charge in [-0.2, -0.15) is 0 Å². The van der Waals surface area contributed by atoms with Crippen LogP contribution in [0.5, 0.6) is 0 Å². The Morgan fingerprint density at radius 2 is 2.00 bits per heavy atom. The normalized spacial score (nSPS) is 14.5. The maximum absolute atomic E-state index is 11.8. The first-order valence-electron chi connectivity index (χ1n) is 7.04. The molecule has 0 aliphatic carbocycles. The Morgan fingerprint density at radius 1 is 1.38 bits per heavy atom. The van der Waals surface area contributed by atoms with Crippen molar-refractivity contribution in [2.45, 2.75) is 39.3 Å². The number of nitrogens with two attached hydrogens (primary N) is 1. The van der Waals surface area contributed by atoms with Gasteiger partial charge in [0.05, 0.1) is 6.61 Å². The maximum Gasteiger partial charge on any atom is 0.323 e. The number of amidine groups is 1. The Bertz CT molecular complexity index is 485. The van der Waals surface area contributed by atoms with Gasteiger partial charge in [-0.1, -0.05) is 36.3 Å². The molecule has 0 amide bonds. The van der Waals surface area contributed by atoms with E-state index in [2.05, 4.69) is 10.5 Å². The molecule has 4 N–H and O–H groups in total. The van der Waals surface area contributed by atoms with E-state index in [1.807, 2.05) is 26.0 Å². The van der Waals surface area contributed by atoms with Crippen LogP contribution in [-0.4, -0.2) is 29.7 Å². The van der Waals surface area contributed by atoms with Gasteiger partial charge in [-0.25, -0.2) is 0 Å². The molecular formula is C15H23N3O3. The summed E-state index contributed by atoms with van der Waals surface area (Å²) in [7, 11) is 0. The van der Waals surface area contributed by atoms with E-state index < -0.39 is 0 Å². The number of hydrogen-bond donors (Lipinski definition) is 3. The average Bonchev–Trinajstić information content (AvgIpc) is 2.51. The van der Waals surface area contributed by atoms with Crippen LogP contribution >= 0.6 is 0 Å². The summed E-state index contributed by atoms with van der Waals surface area (Å²) >= 11 is 0. The Balaban J connectivity index is 2.74. The molecule has 0 radical (unpaired) electrons. The van der Waals surface area contributed by atoms with Crippen molar-refractivity contribution >= 4 is 11.8 Å². The number of nitrogens with zero attached hydrogens (tertiary/aromatic N) is 1. The maximum atomic E-state index is 11.8. The molecule has 0 heterocycles. The third kappa shape index (κ3) is 4.75. The number of oxime groups is 1. The predicted molar refractivity (Wildman–Crippen MR) is 81.2 cm³/mol. The van der Waals surface area contributed by atoms with Gasteiger partial charge in [-0.05, 0) is 25.8 Å². The lowest BCUT2D eigenvalue weighted by Crippen LogP contribution is -2.39. The Morgan fingerprint density at radius 3 is 2.48 bits per heavy atom. The Hall–Kier alpha value is -2.08. The van der Waals surface area contributed by atoms with Crippen molar-refractivity contribution in [3.63, 3.8) is 0 Å². The number of hydrogen-bond acceptors (Lipinski definition) is 5. The highest BCUT2D eigenvalue weighted by molar-refractivity contribution is 5.96. The molecule has 0 aliphatic rings. The van der Waals surface area contributed by atoms with E-state index in [1.54, 1.807) is 19.1 Å². The van der Waals surface area contributed by atoms with Gasteiger partial charge in [-0.3, -0.25) is 10.1 Å². The van der Waals surface area contributed by atoms with Gasteiger partial charge in [0.2, 0.25) is 0 Å². The molecule has 21 heavy (non-hydrogen) atoms. The van der Waals surface area contributed by atoms with Gasteiger partial charge in [0.25, 0.3) is 0 Å². The quantitative estimate of drug-likeness (QED) is 0.234. The number of benzene rings is 1. The number of carbonyl (C=O) groups is 1. The van der Waals surface area contributed by atoms with Crippen molar-refractivity contribution in [1.82, 2.24) is 5.32 Å². The minimum Gasteiger partial charge on any atom is -0.465 e. The van der Waals surface area contributed by atoms with Gasteiger partial charge >= 0.3 is 5.97 Å². The topological polar surface area (TPSA) is 96.9 Å². The third-order valence-electron chi connectivity index (χ3n) is 3.24. The standard InChI is InChI=1S/C15H23N3O3/c1-4-13(15(19)21-5-2)17-10(3)11-6-8-12(9-7-11)14(16)18-20/h6-10,13,17,20H,4-5H2,1-3H3,(H2,16,18)/t10-,13-/m1/s1. The van der Waals surface area contributed by atoms with Gasteiger partial charge in [-0.15, -0.1) is 0 Å². The molecule has 0 fully saturated rings. The number of rotatable bonds is 7. The molecule has 1 rings (SSSR count). The zero-order valence-electron chi connectivity index (χ0n) is 12.7. The number of carbonyl (C=O) groups excluding carboxylic acids is 1. The summed E-state index contributed by atoms with van der Waals surface area (Å²) in [5.74, 6) is -0.166. The van der Waals surface area contributed by atoms with Crippen LogP contribution < -0.4 is 11.1 Å². The zero-order chi connectivity index (χ0) is 15.8. The molecule has 0 saturated heterocycles. The van der Waals surface area contributed by atoms with E-state index in [0.717, 1.165) is 5.56 Å². The lowest BCUT2D eigenvalue weighted by molar-refractivity contribution is -0.146. The van der Waals surface area contributed by atoms with Crippen LogP contribution in [0.25, 0.3) is 0 Å². The molecule has 0 unspecified atom stereocenters. The summed E-state index contributed by atoms with van der Waals surface area (Å²) in [4.78, 5) is 11.8. The van der Waals surface area contributed by atoms with Crippen molar-refractivity contribution in [3.8, 4) is 0 Å². The molecule has 0 aliphatic heterocycles.